The lowest BCUT2D eigenvalue weighted by Crippen LogP contribution is -2.41. The fraction of sp³-hybridized carbons (Fsp3) is 0.500. The van der Waals surface area contributed by atoms with Gasteiger partial charge < -0.3 is 5.11 Å². The van der Waals surface area contributed by atoms with Gasteiger partial charge in [0.1, 0.15) is 5.69 Å². The smallest absolute Gasteiger partial charge is 0.178 e. The van der Waals surface area contributed by atoms with Crippen LogP contribution in [0, 0.1) is 0 Å². The molecule has 2 aromatic heterocycles. The van der Waals surface area contributed by atoms with E-state index >= 15 is 0 Å². The Morgan fingerprint density at radius 2 is 1.83 bits per heavy atom. The summed E-state index contributed by atoms with van der Waals surface area (Å²) in [5.41, 5.74) is 1.86. The van der Waals surface area contributed by atoms with Gasteiger partial charge in [-0.2, -0.15) is 0 Å². The van der Waals surface area contributed by atoms with Crippen LogP contribution in [-0.2, 0) is 6.54 Å². The largest absolute Gasteiger partial charge is 0.390 e. The fourth-order valence-corrected chi connectivity index (χ4v) is 3.73. The van der Waals surface area contributed by atoms with Gasteiger partial charge >= 0.3 is 0 Å². The molecule has 0 amide bonds. The summed E-state index contributed by atoms with van der Waals surface area (Å²) < 4.78 is 0. The molecule has 6 heteroatoms. The van der Waals surface area contributed by atoms with Crippen LogP contribution in [0.25, 0.3) is 11.5 Å². The molecule has 0 radical (unpaired) electrons. The molecule has 0 saturated carbocycles. The number of rotatable bonds is 4. The third kappa shape index (κ3) is 3.31. The summed E-state index contributed by atoms with van der Waals surface area (Å²) in [5.74, 6) is 0.649. The highest BCUT2D eigenvalue weighted by atomic mass is 16.3. The normalized spacial score (nSPS) is 25.4. The quantitative estimate of drug-likeness (QED) is 0.911. The second-order valence-electron chi connectivity index (χ2n) is 6.70. The molecule has 2 atom stereocenters. The lowest BCUT2D eigenvalue weighted by atomic mass is 10.2. The van der Waals surface area contributed by atoms with E-state index in [1.54, 1.807) is 6.20 Å². The third-order valence-electron chi connectivity index (χ3n) is 4.95. The van der Waals surface area contributed by atoms with E-state index in [1.165, 1.54) is 12.8 Å². The molecule has 4 heterocycles. The Hall–Kier alpha value is -1.89. The molecule has 1 N–H and O–H groups in total. The molecule has 2 aliphatic rings. The van der Waals surface area contributed by atoms with E-state index in [0.29, 0.717) is 5.82 Å². The van der Waals surface area contributed by atoms with E-state index in [4.69, 9.17) is 0 Å². The maximum absolute atomic E-state index is 10.4. The Balaban J connectivity index is 1.39. The van der Waals surface area contributed by atoms with Crippen LogP contribution in [0.15, 0.2) is 36.8 Å². The molecule has 0 spiro atoms. The highest BCUT2D eigenvalue weighted by Gasteiger charge is 2.36. The van der Waals surface area contributed by atoms with Gasteiger partial charge in [-0.15, -0.1) is 0 Å². The van der Waals surface area contributed by atoms with Gasteiger partial charge in [-0.05, 0) is 38.1 Å². The summed E-state index contributed by atoms with van der Waals surface area (Å²) in [4.78, 5) is 17.9. The van der Waals surface area contributed by atoms with E-state index in [0.717, 1.165) is 44.0 Å². The van der Waals surface area contributed by atoms with Gasteiger partial charge in [0.05, 0.1) is 6.10 Å². The first-order chi connectivity index (χ1) is 11.8. The fourth-order valence-electron chi connectivity index (χ4n) is 3.73. The van der Waals surface area contributed by atoms with Crippen LogP contribution in [0.3, 0.4) is 0 Å². The number of hydrogen-bond donors (Lipinski definition) is 1. The Bertz CT molecular complexity index is 657. The lowest BCUT2D eigenvalue weighted by molar-refractivity contribution is 0.0978. The van der Waals surface area contributed by atoms with Gasteiger partial charge in [-0.1, -0.05) is 6.07 Å². The SMILES string of the molecule is O[C@@H]1CN(Cc2cnc(-c3ccccn3)nc2)C[C@H]1N1CCCC1. The second kappa shape index (κ2) is 6.93. The third-order valence-corrected chi connectivity index (χ3v) is 4.95. The molecule has 2 saturated heterocycles. The van der Waals surface area contributed by atoms with Gasteiger partial charge in [-0.3, -0.25) is 14.8 Å². The number of aromatic nitrogens is 3. The predicted octanol–water partition coefficient (Wildman–Crippen LogP) is 1.18. The molecule has 6 nitrogen and oxygen atoms in total. The highest BCUT2D eigenvalue weighted by Crippen LogP contribution is 2.22. The zero-order chi connectivity index (χ0) is 16.4. The van der Waals surface area contributed by atoms with Crippen molar-refractivity contribution in [3.8, 4) is 11.5 Å². The van der Waals surface area contributed by atoms with Crippen molar-refractivity contribution in [2.24, 2.45) is 0 Å². The van der Waals surface area contributed by atoms with Crippen molar-refractivity contribution < 1.29 is 5.11 Å². The zero-order valence-corrected chi connectivity index (χ0v) is 13.8. The number of aliphatic hydroxyl groups excluding tert-OH is 1. The molecule has 126 valence electrons. The van der Waals surface area contributed by atoms with Crippen molar-refractivity contribution in [2.75, 3.05) is 26.2 Å². The van der Waals surface area contributed by atoms with Crippen molar-refractivity contribution in [1.29, 1.82) is 0 Å². The van der Waals surface area contributed by atoms with Gasteiger partial charge in [0.25, 0.3) is 0 Å². The Morgan fingerprint density at radius 1 is 1.04 bits per heavy atom. The number of hydrogen-bond acceptors (Lipinski definition) is 6. The minimum absolute atomic E-state index is 0.253. The molecule has 0 aliphatic carbocycles. The summed E-state index contributed by atoms with van der Waals surface area (Å²) >= 11 is 0. The molecule has 2 aromatic rings. The van der Waals surface area contributed by atoms with E-state index in [2.05, 4.69) is 24.8 Å². The minimum Gasteiger partial charge on any atom is -0.390 e. The standard InChI is InChI=1S/C18H23N5O/c24-17-13-22(12-16(17)23-7-3-4-8-23)11-14-9-20-18(21-10-14)15-5-1-2-6-19-15/h1-2,5-6,9-10,16-17,24H,3-4,7-8,11-13H2/t16-,17-/m1/s1. The molecule has 24 heavy (non-hydrogen) atoms. The van der Waals surface area contributed by atoms with Gasteiger partial charge in [0, 0.05) is 49.8 Å². The first-order valence-electron chi connectivity index (χ1n) is 8.66. The number of pyridine rings is 1. The van der Waals surface area contributed by atoms with E-state index < -0.39 is 0 Å². The molecule has 0 aromatic carbocycles. The minimum atomic E-state index is -0.253. The Kier molecular flexibility index (Phi) is 4.51. The van der Waals surface area contributed by atoms with E-state index in [-0.39, 0.29) is 12.1 Å². The molecule has 4 rings (SSSR count). The average molecular weight is 325 g/mol. The lowest BCUT2D eigenvalue weighted by Gasteiger charge is -2.25. The first-order valence-corrected chi connectivity index (χ1v) is 8.66. The van der Waals surface area contributed by atoms with Crippen LogP contribution < -0.4 is 0 Å². The zero-order valence-electron chi connectivity index (χ0n) is 13.8. The highest BCUT2D eigenvalue weighted by molar-refractivity contribution is 5.47. The van der Waals surface area contributed by atoms with Crippen LogP contribution in [-0.4, -0.2) is 68.2 Å². The molecule has 2 aliphatic heterocycles. The first kappa shape index (κ1) is 15.6. The van der Waals surface area contributed by atoms with Crippen LogP contribution >= 0.6 is 0 Å². The molecule has 2 fully saturated rings. The monoisotopic (exact) mass is 325 g/mol. The average Bonchev–Trinajstić information content (AvgIpc) is 3.26. The van der Waals surface area contributed by atoms with Crippen molar-refractivity contribution in [3.05, 3.63) is 42.4 Å². The van der Waals surface area contributed by atoms with Crippen LogP contribution in [0.1, 0.15) is 18.4 Å². The maximum Gasteiger partial charge on any atom is 0.178 e. The van der Waals surface area contributed by atoms with Crippen molar-refractivity contribution in [3.63, 3.8) is 0 Å². The Labute approximate surface area is 142 Å². The number of aliphatic hydroxyl groups is 1. The van der Waals surface area contributed by atoms with Crippen molar-refractivity contribution >= 4 is 0 Å². The van der Waals surface area contributed by atoms with E-state index in [9.17, 15) is 5.11 Å². The topological polar surface area (TPSA) is 65.4 Å². The van der Waals surface area contributed by atoms with E-state index in [1.807, 2.05) is 30.6 Å². The molecular weight excluding hydrogens is 302 g/mol. The summed E-state index contributed by atoms with van der Waals surface area (Å²) in [6.45, 7) is 4.67. The maximum atomic E-state index is 10.4. The van der Waals surface area contributed by atoms with Crippen LogP contribution in [0.2, 0.25) is 0 Å². The second-order valence-corrected chi connectivity index (χ2v) is 6.70. The summed E-state index contributed by atoms with van der Waals surface area (Å²) in [7, 11) is 0. The number of likely N-dealkylation sites (tertiary alicyclic amines) is 2. The van der Waals surface area contributed by atoms with Gasteiger partial charge in [-0.25, -0.2) is 9.97 Å². The van der Waals surface area contributed by atoms with Crippen molar-refractivity contribution in [1.82, 2.24) is 24.8 Å². The molecule has 0 unspecified atom stereocenters. The molecule has 0 bridgehead atoms. The van der Waals surface area contributed by atoms with Crippen LogP contribution in [0.5, 0.6) is 0 Å². The number of β-amino-alcohol motifs (C(OH)–C–C–N with tert-alkyl or cyclic N) is 1. The summed E-state index contributed by atoms with van der Waals surface area (Å²) in [6, 6.07) is 6.00. The summed E-state index contributed by atoms with van der Waals surface area (Å²) in [6.07, 6.45) is 7.74. The van der Waals surface area contributed by atoms with Crippen molar-refractivity contribution in [2.45, 2.75) is 31.5 Å². The van der Waals surface area contributed by atoms with Crippen LogP contribution in [0.4, 0.5) is 0 Å². The van der Waals surface area contributed by atoms with Gasteiger partial charge in [0.15, 0.2) is 5.82 Å². The Morgan fingerprint density at radius 3 is 2.54 bits per heavy atom. The molecular formula is C18H23N5O. The number of nitrogens with zero attached hydrogens (tertiary/aromatic N) is 5. The van der Waals surface area contributed by atoms with Gasteiger partial charge in [0.2, 0.25) is 0 Å². The predicted molar refractivity (Wildman–Crippen MR) is 91.1 cm³/mol. The summed E-state index contributed by atoms with van der Waals surface area (Å²) in [5, 5.41) is 10.4.